The average Bonchev–Trinajstić information content (AvgIpc) is 3.19. The van der Waals surface area contributed by atoms with E-state index in [1.54, 1.807) is 24.3 Å². The van der Waals surface area contributed by atoms with Crippen molar-refractivity contribution in [2.24, 2.45) is 0 Å². The highest BCUT2D eigenvalue weighted by Crippen LogP contribution is 2.49. The van der Waals surface area contributed by atoms with E-state index in [1.165, 1.54) is 0 Å². The van der Waals surface area contributed by atoms with Crippen molar-refractivity contribution in [2.45, 2.75) is 96.0 Å². The number of carbonyl (C=O) groups is 7. The molecule has 21 nitrogen and oxygen atoms in total. The van der Waals surface area contributed by atoms with Gasteiger partial charge in [-0.2, -0.15) is 5.26 Å². The molecule has 2 rings (SSSR count). The lowest BCUT2D eigenvalue weighted by molar-refractivity contribution is -0.313. The van der Waals surface area contributed by atoms with Gasteiger partial charge in [0.15, 0.2) is 18.8 Å². The first-order valence-corrected chi connectivity index (χ1v) is 20.4. The van der Waals surface area contributed by atoms with Gasteiger partial charge in [-0.3, -0.25) is 42.3 Å². The molecule has 23 heteroatoms. The summed E-state index contributed by atoms with van der Waals surface area (Å²) < 4.78 is 67.3. The quantitative estimate of drug-likeness (QED) is 0.0467. The van der Waals surface area contributed by atoms with Crippen LogP contribution in [0, 0.1) is 23.7 Å². The molecule has 336 valence electrons. The Bertz CT molecular complexity index is 1820. The van der Waals surface area contributed by atoms with Crippen LogP contribution in [0.2, 0.25) is 5.02 Å². The first-order chi connectivity index (χ1) is 28.9. The minimum absolute atomic E-state index is 0.0595. The number of hydrogen-bond acceptors (Lipinski definition) is 19. The van der Waals surface area contributed by atoms with Crippen molar-refractivity contribution in [2.75, 3.05) is 46.7 Å². The van der Waals surface area contributed by atoms with Crippen molar-refractivity contribution < 1.29 is 84.9 Å². The average molecular weight is 902 g/mol. The number of terminal acetylenes is 1. The van der Waals surface area contributed by atoms with Crippen LogP contribution in [0.15, 0.2) is 24.3 Å². The molecule has 1 aromatic carbocycles. The monoisotopic (exact) mass is 901 g/mol. The van der Waals surface area contributed by atoms with E-state index >= 15 is 0 Å². The van der Waals surface area contributed by atoms with Gasteiger partial charge in [-0.15, -0.1) is 6.42 Å². The second-order valence-electron chi connectivity index (χ2n) is 12.9. The Morgan fingerprint density at radius 2 is 1.59 bits per heavy atom. The zero-order valence-corrected chi connectivity index (χ0v) is 35.8. The lowest BCUT2D eigenvalue weighted by Crippen LogP contribution is -2.70. The van der Waals surface area contributed by atoms with Crippen LogP contribution in [0.25, 0.3) is 0 Å². The molecule has 1 aromatic rings. The van der Waals surface area contributed by atoms with Crippen molar-refractivity contribution in [3.63, 3.8) is 0 Å². The zero-order valence-electron chi connectivity index (χ0n) is 34.2. The fraction of sp³-hybridized carbons (Fsp3) is 0.579. The molecule has 1 heterocycles. The van der Waals surface area contributed by atoms with E-state index in [0.717, 1.165) is 34.8 Å². The number of phosphoric acid groups is 1. The second-order valence-corrected chi connectivity index (χ2v) is 15.0. The van der Waals surface area contributed by atoms with Crippen molar-refractivity contribution >= 4 is 61.1 Å². The van der Waals surface area contributed by atoms with Crippen LogP contribution in [0.3, 0.4) is 0 Å². The largest absolute Gasteiger partial charge is 0.475 e. The van der Waals surface area contributed by atoms with Gasteiger partial charge in [0.25, 0.3) is 11.7 Å². The Hall–Kier alpha value is -5.12. The van der Waals surface area contributed by atoms with Gasteiger partial charge in [0.1, 0.15) is 18.8 Å². The summed E-state index contributed by atoms with van der Waals surface area (Å²) >= 11 is 5.95. The fourth-order valence-electron chi connectivity index (χ4n) is 5.65. The van der Waals surface area contributed by atoms with Gasteiger partial charge in [-0.1, -0.05) is 29.7 Å². The van der Waals surface area contributed by atoms with Gasteiger partial charge >= 0.3 is 37.7 Å². The minimum Gasteiger partial charge on any atom is -0.465 e. The molecule has 2 amide bonds. The van der Waals surface area contributed by atoms with Crippen LogP contribution in [0.4, 0.5) is 0 Å². The molecular weight excluding hydrogens is 853 g/mol. The molecule has 1 fully saturated rings. The Labute approximate surface area is 357 Å². The number of ether oxygens (including phenoxy) is 7. The number of rotatable bonds is 25. The van der Waals surface area contributed by atoms with E-state index in [2.05, 4.69) is 16.6 Å². The van der Waals surface area contributed by atoms with Crippen molar-refractivity contribution in [3.8, 4) is 18.4 Å². The second kappa shape index (κ2) is 26.3. The molecule has 2 N–H and O–H groups in total. The van der Waals surface area contributed by atoms with Gasteiger partial charge in [0, 0.05) is 32.7 Å². The maximum absolute atomic E-state index is 13.7. The number of unbranched alkanes of at least 4 members (excludes halogenated alkanes) is 1. The number of nitriles is 1. The van der Waals surface area contributed by atoms with Crippen molar-refractivity contribution in [1.29, 1.82) is 5.26 Å². The SMILES string of the molecule is C#CCOP(=O)(OCCC#N)OCCCCO[C@]1(C(=O)OC)C[C@H](OC(C)=O)[C@@H](NC(=O)COC(C)=O)[C@H]([C@H](OC(C)=O)[C@@H](CNC(=O)Cc2ccc(Cl)cc2)OC(C)=O)O1. The normalized spacial score (nSPS) is 20.2. The van der Waals surface area contributed by atoms with Crippen LogP contribution < -0.4 is 10.6 Å². The van der Waals surface area contributed by atoms with Crippen LogP contribution in [-0.4, -0.2) is 125 Å². The number of halogens is 1. The summed E-state index contributed by atoms with van der Waals surface area (Å²) in [7, 11) is -3.17. The maximum atomic E-state index is 13.7. The Kier molecular flexibility index (Phi) is 22.4. The molecular formula is C38H49ClN3O18P. The standard InChI is InChI=1S/C38H49ClN3O18P/c1-7-16-54-61(50,56-19-10-15-40)55-18-9-8-17-53-38(37(49)51-6)21-30(57-25(3)44)34(42-33(48)23-52-24(2)43)36(60-38)35(59-27(5)46)31(58-26(4)45)22-41-32(47)20-28-11-13-29(39)14-12-28/h1,11-14,30-31,34-36H,8-10,16-23H2,2-6H3,(H,41,47)(H,42,48)/t30-,31+,34+,35+,36+,38+,61?/m0/s1. The lowest BCUT2D eigenvalue weighted by atomic mass is 9.87. The van der Waals surface area contributed by atoms with E-state index in [4.69, 9.17) is 70.0 Å². The molecule has 1 saturated heterocycles. The van der Waals surface area contributed by atoms with Crippen LogP contribution in [0.5, 0.6) is 0 Å². The summed E-state index contributed by atoms with van der Waals surface area (Å²) in [5.74, 6) is -6.71. The number of hydrogen-bond donors (Lipinski definition) is 2. The predicted octanol–water partition coefficient (Wildman–Crippen LogP) is 2.00. The van der Waals surface area contributed by atoms with Gasteiger partial charge in [0.2, 0.25) is 5.91 Å². The number of nitrogens with one attached hydrogen (secondary N) is 2. The van der Waals surface area contributed by atoms with E-state index in [9.17, 15) is 38.1 Å². The third-order valence-electron chi connectivity index (χ3n) is 8.08. The molecule has 1 aliphatic rings. The number of phosphoric ester groups is 1. The molecule has 0 bridgehead atoms. The van der Waals surface area contributed by atoms with Crippen LogP contribution in [0.1, 0.15) is 58.9 Å². The number of carbonyl (C=O) groups excluding carboxylic acids is 7. The van der Waals surface area contributed by atoms with E-state index in [0.29, 0.717) is 10.6 Å². The summed E-state index contributed by atoms with van der Waals surface area (Å²) in [4.78, 5) is 89.3. The number of nitrogens with zero attached hydrogens (tertiary/aromatic N) is 1. The van der Waals surface area contributed by atoms with Gasteiger partial charge < -0.3 is 43.8 Å². The first-order valence-electron chi connectivity index (χ1n) is 18.6. The number of methoxy groups -OCH3 is 1. The van der Waals surface area contributed by atoms with Gasteiger partial charge in [0.05, 0.1) is 64.8 Å². The summed E-state index contributed by atoms with van der Waals surface area (Å²) in [6.45, 7) is 1.48. The Balaban J connectivity index is 2.56. The Morgan fingerprint density at radius 3 is 2.18 bits per heavy atom. The highest BCUT2D eigenvalue weighted by molar-refractivity contribution is 7.48. The molecule has 1 unspecified atom stereocenters. The summed E-state index contributed by atoms with van der Waals surface area (Å²) in [6.07, 6.45) is -2.39. The minimum atomic E-state index is -4.16. The highest BCUT2D eigenvalue weighted by Gasteiger charge is 2.59. The predicted molar refractivity (Wildman–Crippen MR) is 207 cm³/mol. The first kappa shape index (κ1) is 52.0. The van der Waals surface area contributed by atoms with E-state index in [1.807, 2.05) is 6.07 Å². The van der Waals surface area contributed by atoms with Crippen LogP contribution in [-0.2, 0) is 91.3 Å². The van der Waals surface area contributed by atoms with Crippen LogP contribution >= 0.6 is 19.4 Å². The molecule has 0 spiro atoms. The fourth-order valence-corrected chi connectivity index (χ4v) is 6.90. The van der Waals surface area contributed by atoms with Gasteiger partial charge in [-0.25, -0.2) is 9.36 Å². The molecule has 1 aliphatic heterocycles. The smallest absolute Gasteiger partial charge is 0.465 e. The van der Waals surface area contributed by atoms with E-state index < -0.39 is 112 Å². The summed E-state index contributed by atoms with van der Waals surface area (Å²) in [5.41, 5.74) is 0.569. The van der Waals surface area contributed by atoms with Crippen molar-refractivity contribution in [3.05, 3.63) is 34.9 Å². The topological polar surface area (TPSA) is 277 Å². The molecule has 0 aromatic heterocycles. The number of benzene rings is 1. The number of amides is 2. The third kappa shape index (κ3) is 18.6. The van der Waals surface area contributed by atoms with Gasteiger partial charge in [-0.05, 0) is 30.5 Å². The number of esters is 5. The lowest BCUT2D eigenvalue weighted by Gasteiger charge is -2.48. The maximum Gasteiger partial charge on any atom is 0.475 e. The third-order valence-corrected chi connectivity index (χ3v) is 9.77. The molecule has 0 aliphatic carbocycles. The zero-order chi connectivity index (χ0) is 45.6. The molecule has 7 atom stereocenters. The van der Waals surface area contributed by atoms with Crippen molar-refractivity contribution in [1.82, 2.24) is 10.6 Å². The summed E-state index contributed by atoms with van der Waals surface area (Å²) in [5, 5.41) is 14.3. The Morgan fingerprint density at radius 1 is 0.934 bits per heavy atom. The highest BCUT2D eigenvalue weighted by atomic mass is 35.5. The van der Waals surface area contributed by atoms with E-state index in [-0.39, 0.29) is 45.5 Å². The molecule has 0 radical (unpaired) electrons. The summed E-state index contributed by atoms with van der Waals surface area (Å²) in [6, 6.07) is 6.64. The molecule has 61 heavy (non-hydrogen) atoms. The molecule has 0 saturated carbocycles.